The molecule has 0 radical (unpaired) electrons. The molecule has 0 aliphatic rings. The third-order valence-electron chi connectivity index (χ3n) is 5.74. The van der Waals surface area contributed by atoms with Crippen LogP contribution < -0.4 is 19.1 Å². The molecule has 0 unspecified atom stereocenters. The third kappa shape index (κ3) is 6.10. The van der Waals surface area contributed by atoms with Gasteiger partial charge < -0.3 is 14.8 Å². The quantitative estimate of drug-likeness (QED) is 0.254. The largest absolute Gasteiger partial charge is 0.493 e. The lowest BCUT2D eigenvalue weighted by atomic mass is 10.1. The number of halogens is 1. The van der Waals surface area contributed by atoms with E-state index in [2.05, 4.69) is 5.32 Å². The molecule has 1 N–H and O–H groups in total. The zero-order valence-electron chi connectivity index (χ0n) is 21.1. The highest BCUT2D eigenvalue weighted by Gasteiger charge is 2.28. The molecule has 4 aromatic carbocycles. The molecule has 0 bridgehead atoms. The first-order valence-electron chi connectivity index (χ1n) is 11.7. The van der Waals surface area contributed by atoms with Crippen LogP contribution in [0.1, 0.15) is 11.1 Å². The van der Waals surface area contributed by atoms with Crippen molar-refractivity contribution in [2.45, 2.75) is 18.7 Å². The fourth-order valence-electron chi connectivity index (χ4n) is 3.94. The number of hydrogen-bond donors (Lipinski definition) is 1. The van der Waals surface area contributed by atoms with Crippen LogP contribution in [0.25, 0.3) is 0 Å². The van der Waals surface area contributed by atoms with Gasteiger partial charge in [-0.15, -0.1) is 0 Å². The minimum absolute atomic E-state index is 0.0794. The molecule has 0 saturated carbocycles. The third-order valence-corrected chi connectivity index (χ3v) is 7.75. The van der Waals surface area contributed by atoms with E-state index in [9.17, 15) is 13.2 Å². The summed E-state index contributed by atoms with van der Waals surface area (Å²) in [6, 6.07) is 25.3. The molecule has 1 amide bonds. The van der Waals surface area contributed by atoms with Crippen LogP contribution in [0.15, 0.2) is 95.9 Å². The molecule has 7 nitrogen and oxygen atoms in total. The number of benzene rings is 4. The van der Waals surface area contributed by atoms with Gasteiger partial charge in [-0.25, -0.2) is 8.42 Å². The van der Waals surface area contributed by atoms with Crippen molar-refractivity contribution >= 4 is 38.9 Å². The number of carbonyl (C=O) groups excluding carboxylic acids is 1. The number of methoxy groups -OCH3 is 1. The number of hydrogen-bond acceptors (Lipinski definition) is 5. The molecule has 0 spiro atoms. The first kappa shape index (κ1) is 27.0. The SMILES string of the molecule is COc1ccccc1Oc1ccc(Cl)cc1NC(=O)CN(c1ccc(C)cc1C)S(=O)(=O)c1ccccc1. The Hall–Kier alpha value is -4.01. The van der Waals surface area contributed by atoms with Gasteiger partial charge in [0, 0.05) is 5.02 Å². The standard InChI is InChI=1S/C29H27ClN2O5S/c1-20-13-15-25(21(2)17-20)32(38(34,35)23-9-5-4-6-10-23)19-29(33)31-24-18-22(30)14-16-26(24)37-28-12-8-7-11-27(28)36-3/h4-18H,19H2,1-3H3,(H,31,33). The molecule has 4 aromatic rings. The van der Waals surface area contributed by atoms with Gasteiger partial charge in [-0.2, -0.15) is 0 Å². The summed E-state index contributed by atoms with van der Waals surface area (Å²) in [4.78, 5) is 13.4. The number of ether oxygens (including phenoxy) is 2. The molecule has 0 aliphatic heterocycles. The van der Waals surface area contributed by atoms with Crippen LogP contribution in [0.2, 0.25) is 5.02 Å². The number of aryl methyl sites for hydroxylation is 2. The predicted octanol–water partition coefficient (Wildman–Crippen LogP) is 6.59. The maximum Gasteiger partial charge on any atom is 0.264 e. The summed E-state index contributed by atoms with van der Waals surface area (Å²) in [6.07, 6.45) is 0. The molecule has 0 fully saturated rings. The van der Waals surface area contributed by atoms with Gasteiger partial charge in [0.1, 0.15) is 6.54 Å². The summed E-state index contributed by atoms with van der Waals surface area (Å²) < 4.78 is 39.8. The van der Waals surface area contributed by atoms with E-state index in [0.29, 0.717) is 28.0 Å². The Kier molecular flexibility index (Phi) is 8.24. The molecule has 9 heteroatoms. The summed E-state index contributed by atoms with van der Waals surface area (Å²) in [6.45, 7) is 3.26. The number of rotatable bonds is 9. The van der Waals surface area contributed by atoms with Crippen molar-refractivity contribution < 1.29 is 22.7 Å². The van der Waals surface area contributed by atoms with Crippen molar-refractivity contribution in [3.05, 3.63) is 107 Å². The molecule has 4 rings (SSSR count). The molecular formula is C29H27ClN2O5S. The van der Waals surface area contributed by atoms with E-state index in [1.54, 1.807) is 54.6 Å². The van der Waals surface area contributed by atoms with Crippen LogP contribution in [0, 0.1) is 13.8 Å². The van der Waals surface area contributed by atoms with E-state index in [0.717, 1.165) is 15.4 Å². The molecule has 0 atom stereocenters. The normalized spacial score (nSPS) is 11.1. The number of anilines is 2. The van der Waals surface area contributed by atoms with Crippen molar-refractivity contribution in [1.29, 1.82) is 0 Å². The van der Waals surface area contributed by atoms with Crippen molar-refractivity contribution in [2.75, 3.05) is 23.3 Å². The van der Waals surface area contributed by atoms with Crippen molar-refractivity contribution in [2.24, 2.45) is 0 Å². The van der Waals surface area contributed by atoms with E-state index in [4.69, 9.17) is 21.1 Å². The summed E-state index contributed by atoms with van der Waals surface area (Å²) in [5.74, 6) is 0.693. The first-order chi connectivity index (χ1) is 18.2. The molecule has 196 valence electrons. The Balaban J connectivity index is 1.67. The monoisotopic (exact) mass is 550 g/mol. The molecule has 0 aromatic heterocycles. The fraction of sp³-hybridized carbons (Fsp3) is 0.138. The zero-order valence-corrected chi connectivity index (χ0v) is 22.7. The highest BCUT2D eigenvalue weighted by atomic mass is 35.5. The second kappa shape index (κ2) is 11.6. The number of nitrogens with one attached hydrogen (secondary N) is 1. The molecular weight excluding hydrogens is 524 g/mol. The Morgan fingerprint density at radius 3 is 2.24 bits per heavy atom. The lowest BCUT2D eigenvalue weighted by Gasteiger charge is -2.26. The fourth-order valence-corrected chi connectivity index (χ4v) is 5.61. The number of amides is 1. The Labute approximate surface area is 227 Å². The van der Waals surface area contributed by atoms with Gasteiger partial charge in [0.2, 0.25) is 5.91 Å². The minimum Gasteiger partial charge on any atom is -0.493 e. The number of sulfonamides is 1. The highest BCUT2D eigenvalue weighted by Crippen LogP contribution is 2.36. The van der Waals surface area contributed by atoms with E-state index in [-0.39, 0.29) is 10.6 Å². The average Bonchev–Trinajstić information content (AvgIpc) is 2.90. The highest BCUT2D eigenvalue weighted by molar-refractivity contribution is 7.92. The van der Waals surface area contributed by atoms with Crippen LogP contribution in [0.5, 0.6) is 17.2 Å². The lowest BCUT2D eigenvalue weighted by Crippen LogP contribution is -2.38. The predicted molar refractivity (Wildman–Crippen MR) is 150 cm³/mol. The van der Waals surface area contributed by atoms with E-state index >= 15 is 0 Å². The summed E-state index contributed by atoms with van der Waals surface area (Å²) in [5.41, 5.74) is 2.39. The van der Waals surface area contributed by atoms with Crippen molar-refractivity contribution in [1.82, 2.24) is 0 Å². The van der Waals surface area contributed by atoms with Crippen molar-refractivity contribution in [3.8, 4) is 17.2 Å². The van der Waals surface area contributed by atoms with E-state index in [1.807, 2.05) is 32.0 Å². The van der Waals surface area contributed by atoms with Crippen LogP contribution in [-0.4, -0.2) is 28.0 Å². The van der Waals surface area contributed by atoms with Gasteiger partial charge in [0.25, 0.3) is 10.0 Å². The number of carbonyl (C=O) groups is 1. The zero-order chi connectivity index (χ0) is 27.3. The first-order valence-corrected chi connectivity index (χ1v) is 13.6. The Bertz CT molecular complexity index is 1560. The average molecular weight is 551 g/mol. The maximum atomic E-state index is 13.7. The molecule has 38 heavy (non-hydrogen) atoms. The van der Waals surface area contributed by atoms with Crippen molar-refractivity contribution in [3.63, 3.8) is 0 Å². The van der Waals surface area contributed by atoms with Gasteiger partial charge in [0.05, 0.1) is 23.4 Å². The van der Waals surface area contributed by atoms with Crippen LogP contribution in [0.3, 0.4) is 0 Å². The van der Waals surface area contributed by atoms with Gasteiger partial charge in [-0.1, -0.05) is 59.6 Å². The summed E-state index contributed by atoms with van der Waals surface area (Å²) in [5, 5.41) is 3.14. The van der Waals surface area contributed by atoms with Gasteiger partial charge in [-0.05, 0) is 67.9 Å². The van der Waals surface area contributed by atoms with E-state index < -0.39 is 22.5 Å². The maximum absolute atomic E-state index is 13.7. The second-order valence-corrected chi connectivity index (χ2v) is 10.9. The molecule has 0 aliphatic carbocycles. The van der Waals surface area contributed by atoms with Gasteiger partial charge in [-0.3, -0.25) is 9.10 Å². The van der Waals surface area contributed by atoms with Gasteiger partial charge in [0.15, 0.2) is 17.2 Å². The second-order valence-electron chi connectivity index (χ2n) is 8.56. The number of nitrogens with zero attached hydrogens (tertiary/aromatic N) is 1. The summed E-state index contributed by atoms with van der Waals surface area (Å²) >= 11 is 6.21. The molecule has 0 saturated heterocycles. The Morgan fingerprint density at radius 2 is 1.55 bits per heavy atom. The smallest absolute Gasteiger partial charge is 0.264 e. The summed E-state index contributed by atoms with van der Waals surface area (Å²) in [7, 11) is -2.52. The van der Waals surface area contributed by atoms with Crippen LogP contribution >= 0.6 is 11.6 Å². The minimum atomic E-state index is -4.05. The number of para-hydroxylation sites is 2. The Morgan fingerprint density at radius 1 is 0.868 bits per heavy atom. The molecule has 0 heterocycles. The topological polar surface area (TPSA) is 84.9 Å². The van der Waals surface area contributed by atoms with Gasteiger partial charge >= 0.3 is 0 Å². The van der Waals surface area contributed by atoms with E-state index in [1.165, 1.54) is 25.3 Å². The lowest BCUT2D eigenvalue weighted by molar-refractivity contribution is -0.114. The van der Waals surface area contributed by atoms with Crippen LogP contribution in [0.4, 0.5) is 11.4 Å². The van der Waals surface area contributed by atoms with Crippen LogP contribution in [-0.2, 0) is 14.8 Å².